The quantitative estimate of drug-likeness (QED) is 0.906. The van der Waals surface area contributed by atoms with Gasteiger partial charge in [-0.3, -0.25) is 0 Å². The van der Waals surface area contributed by atoms with Gasteiger partial charge in [-0.1, -0.05) is 19.9 Å². The van der Waals surface area contributed by atoms with Crippen molar-refractivity contribution >= 4 is 5.69 Å². The van der Waals surface area contributed by atoms with Gasteiger partial charge in [-0.15, -0.1) is 0 Å². The molecule has 1 heterocycles. The highest BCUT2D eigenvalue weighted by atomic mass is 16.5. The summed E-state index contributed by atoms with van der Waals surface area (Å²) < 4.78 is 5.34. The zero-order valence-corrected chi connectivity index (χ0v) is 12.4. The molecule has 1 saturated heterocycles. The fourth-order valence-corrected chi connectivity index (χ4v) is 2.94. The van der Waals surface area contributed by atoms with E-state index in [1.54, 1.807) is 7.11 Å². The molecule has 0 atom stereocenters. The van der Waals surface area contributed by atoms with Gasteiger partial charge >= 0.3 is 0 Å². The topological polar surface area (TPSA) is 38.5 Å². The van der Waals surface area contributed by atoms with Crippen molar-refractivity contribution in [3.05, 3.63) is 23.8 Å². The average molecular weight is 262 g/mol. The number of rotatable bonds is 4. The summed E-state index contributed by atoms with van der Waals surface area (Å²) in [4.78, 5) is 2.46. The fraction of sp³-hybridized carbons (Fsp3) is 0.625. The first-order valence-electron chi connectivity index (χ1n) is 7.27. The number of hydrogen-bond acceptors (Lipinski definition) is 3. The van der Waals surface area contributed by atoms with Crippen LogP contribution in [0.3, 0.4) is 0 Å². The van der Waals surface area contributed by atoms with Crippen molar-refractivity contribution in [1.29, 1.82) is 0 Å². The van der Waals surface area contributed by atoms with Crippen LogP contribution in [0.1, 0.15) is 32.3 Å². The minimum atomic E-state index is 0.587. The summed E-state index contributed by atoms with van der Waals surface area (Å²) in [6, 6.07) is 6.20. The molecule has 19 heavy (non-hydrogen) atoms. The van der Waals surface area contributed by atoms with Gasteiger partial charge in [-0.05, 0) is 36.3 Å². The van der Waals surface area contributed by atoms with Crippen LogP contribution in [0.2, 0.25) is 0 Å². The molecule has 0 saturated carbocycles. The van der Waals surface area contributed by atoms with Gasteiger partial charge in [0, 0.05) is 31.4 Å². The van der Waals surface area contributed by atoms with E-state index < -0.39 is 0 Å². The molecule has 0 radical (unpaired) electrons. The van der Waals surface area contributed by atoms with Crippen LogP contribution in [0, 0.1) is 11.8 Å². The Hall–Kier alpha value is -1.22. The van der Waals surface area contributed by atoms with Gasteiger partial charge in [-0.2, -0.15) is 0 Å². The smallest absolute Gasteiger partial charge is 0.120 e. The normalized spacial score (nSPS) is 17.0. The highest BCUT2D eigenvalue weighted by molar-refractivity contribution is 5.57. The second-order valence-electron chi connectivity index (χ2n) is 5.77. The van der Waals surface area contributed by atoms with Gasteiger partial charge in [0.2, 0.25) is 0 Å². The van der Waals surface area contributed by atoms with Crippen molar-refractivity contribution in [2.24, 2.45) is 17.6 Å². The maximum atomic E-state index is 5.86. The van der Waals surface area contributed by atoms with E-state index in [1.165, 1.54) is 24.1 Å². The Labute approximate surface area is 116 Å². The third kappa shape index (κ3) is 3.21. The first-order valence-corrected chi connectivity index (χ1v) is 7.27. The molecular formula is C16H26N2O. The molecule has 0 amide bonds. The third-order valence-corrected chi connectivity index (χ3v) is 4.34. The van der Waals surface area contributed by atoms with E-state index in [2.05, 4.69) is 30.9 Å². The number of piperidine rings is 1. The van der Waals surface area contributed by atoms with E-state index in [0.29, 0.717) is 6.54 Å². The highest BCUT2D eigenvalue weighted by Gasteiger charge is 2.23. The molecular weight excluding hydrogens is 236 g/mol. The van der Waals surface area contributed by atoms with Gasteiger partial charge in [0.25, 0.3) is 0 Å². The van der Waals surface area contributed by atoms with Gasteiger partial charge in [0.15, 0.2) is 0 Å². The highest BCUT2D eigenvalue weighted by Crippen LogP contribution is 2.31. The first-order chi connectivity index (χ1) is 9.15. The zero-order chi connectivity index (χ0) is 13.8. The summed E-state index contributed by atoms with van der Waals surface area (Å²) in [6.45, 7) is 7.50. The largest absolute Gasteiger partial charge is 0.497 e. The Kier molecular flexibility index (Phi) is 4.70. The van der Waals surface area contributed by atoms with Crippen molar-refractivity contribution in [3.8, 4) is 5.75 Å². The predicted octanol–water partition coefficient (Wildman–Crippen LogP) is 3.03. The molecule has 2 rings (SSSR count). The molecule has 1 aliphatic heterocycles. The molecule has 2 N–H and O–H groups in total. The van der Waals surface area contributed by atoms with Crippen LogP contribution in [0.25, 0.3) is 0 Å². The standard InChI is InChI=1S/C16H26N2O/c1-12(2)13-6-8-18(9-7-13)16-10-15(19-3)5-4-14(16)11-17/h4-5,10,12-13H,6-9,11,17H2,1-3H3. The minimum absolute atomic E-state index is 0.587. The van der Waals surface area contributed by atoms with E-state index in [4.69, 9.17) is 10.5 Å². The van der Waals surface area contributed by atoms with E-state index in [-0.39, 0.29) is 0 Å². The summed E-state index contributed by atoms with van der Waals surface area (Å²) >= 11 is 0. The summed E-state index contributed by atoms with van der Waals surface area (Å²) in [6.07, 6.45) is 2.55. The van der Waals surface area contributed by atoms with E-state index in [0.717, 1.165) is 30.7 Å². The van der Waals surface area contributed by atoms with Gasteiger partial charge in [0.05, 0.1) is 7.11 Å². The van der Waals surface area contributed by atoms with E-state index in [9.17, 15) is 0 Å². The van der Waals surface area contributed by atoms with Gasteiger partial charge < -0.3 is 15.4 Å². The lowest BCUT2D eigenvalue weighted by Crippen LogP contribution is -2.35. The number of nitrogens with two attached hydrogens (primary N) is 1. The molecule has 3 nitrogen and oxygen atoms in total. The van der Waals surface area contributed by atoms with Crippen molar-refractivity contribution in [3.63, 3.8) is 0 Å². The van der Waals surface area contributed by atoms with Crippen molar-refractivity contribution in [1.82, 2.24) is 0 Å². The maximum absolute atomic E-state index is 5.86. The summed E-state index contributed by atoms with van der Waals surface area (Å²) in [5.74, 6) is 2.57. The Bertz CT molecular complexity index is 409. The molecule has 1 fully saturated rings. The maximum Gasteiger partial charge on any atom is 0.120 e. The lowest BCUT2D eigenvalue weighted by atomic mass is 9.86. The van der Waals surface area contributed by atoms with Crippen LogP contribution in [0.5, 0.6) is 5.75 Å². The lowest BCUT2D eigenvalue weighted by Gasteiger charge is -2.36. The molecule has 0 aliphatic carbocycles. The molecule has 0 bridgehead atoms. The van der Waals surface area contributed by atoms with Crippen LogP contribution in [0.4, 0.5) is 5.69 Å². The second-order valence-corrected chi connectivity index (χ2v) is 5.77. The molecule has 0 unspecified atom stereocenters. The van der Waals surface area contributed by atoms with Crippen LogP contribution in [0.15, 0.2) is 18.2 Å². The van der Waals surface area contributed by atoms with E-state index in [1.807, 2.05) is 6.07 Å². The molecule has 3 heteroatoms. The number of hydrogen-bond donors (Lipinski definition) is 1. The Morgan fingerprint density at radius 2 is 2.00 bits per heavy atom. The molecule has 0 aromatic heterocycles. The fourth-order valence-electron chi connectivity index (χ4n) is 2.94. The zero-order valence-electron chi connectivity index (χ0n) is 12.4. The van der Waals surface area contributed by atoms with Crippen molar-refractivity contribution < 1.29 is 4.74 Å². The second kappa shape index (κ2) is 6.29. The number of ether oxygens (including phenoxy) is 1. The van der Waals surface area contributed by atoms with Crippen molar-refractivity contribution in [2.45, 2.75) is 33.2 Å². The van der Waals surface area contributed by atoms with Crippen molar-refractivity contribution in [2.75, 3.05) is 25.1 Å². The van der Waals surface area contributed by atoms with Crippen LogP contribution in [-0.4, -0.2) is 20.2 Å². The monoisotopic (exact) mass is 262 g/mol. The van der Waals surface area contributed by atoms with Gasteiger partial charge in [0.1, 0.15) is 5.75 Å². The van der Waals surface area contributed by atoms with E-state index >= 15 is 0 Å². The van der Waals surface area contributed by atoms with Crippen LogP contribution in [-0.2, 0) is 6.54 Å². The Balaban J connectivity index is 2.13. The average Bonchev–Trinajstić information content (AvgIpc) is 2.46. The molecule has 0 spiro atoms. The molecule has 1 aromatic rings. The summed E-state index contributed by atoms with van der Waals surface area (Å²) in [5.41, 5.74) is 8.32. The predicted molar refractivity (Wildman–Crippen MR) is 80.7 cm³/mol. The number of methoxy groups -OCH3 is 1. The number of nitrogens with zero attached hydrogens (tertiary/aromatic N) is 1. The Morgan fingerprint density at radius 3 is 2.53 bits per heavy atom. The Morgan fingerprint density at radius 1 is 1.32 bits per heavy atom. The number of anilines is 1. The summed E-state index contributed by atoms with van der Waals surface area (Å²) in [5, 5.41) is 0. The number of benzene rings is 1. The molecule has 106 valence electrons. The van der Waals surface area contributed by atoms with Gasteiger partial charge in [-0.25, -0.2) is 0 Å². The SMILES string of the molecule is COc1ccc(CN)c(N2CCC(C(C)C)CC2)c1. The minimum Gasteiger partial charge on any atom is -0.497 e. The lowest BCUT2D eigenvalue weighted by molar-refractivity contribution is 0.311. The first kappa shape index (κ1) is 14.2. The molecule has 1 aliphatic rings. The van der Waals surface area contributed by atoms with Crippen LogP contribution >= 0.6 is 0 Å². The summed E-state index contributed by atoms with van der Waals surface area (Å²) in [7, 11) is 1.71. The molecule has 1 aromatic carbocycles. The van der Waals surface area contributed by atoms with Crippen LogP contribution < -0.4 is 15.4 Å². The third-order valence-electron chi connectivity index (χ3n) is 4.34.